The van der Waals surface area contributed by atoms with Gasteiger partial charge in [-0.3, -0.25) is 4.21 Å². The molecule has 0 aromatic heterocycles. The van der Waals surface area contributed by atoms with Crippen LogP contribution in [0.3, 0.4) is 0 Å². The van der Waals surface area contributed by atoms with Crippen molar-refractivity contribution in [2.24, 2.45) is 0 Å². The third-order valence-corrected chi connectivity index (χ3v) is 2.94. The van der Waals surface area contributed by atoms with E-state index in [0.29, 0.717) is 16.5 Å². The maximum Gasteiger partial charge on any atom is 1.00 e. The van der Waals surface area contributed by atoms with E-state index in [-0.39, 0.29) is 34.5 Å². The van der Waals surface area contributed by atoms with Gasteiger partial charge in [0.2, 0.25) is 0 Å². The molecule has 0 saturated heterocycles. The second-order valence-electron chi connectivity index (χ2n) is 3.27. The summed E-state index contributed by atoms with van der Waals surface area (Å²) in [4.78, 5) is 0.225. The van der Waals surface area contributed by atoms with Gasteiger partial charge >= 0.3 is 29.6 Å². The summed E-state index contributed by atoms with van der Waals surface area (Å²) in [5, 5.41) is 0.583. The number of halogens is 1. The van der Waals surface area contributed by atoms with E-state index in [4.69, 9.17) is 16.3 Å². The Kier molecular flexibility index (Phi) is 6.35. The van der Waals surface area contributed by atoms with E-state index in [2.05, 4.69) is 0 Å². The Labute approximate surface area is 135 Å². The Balaban J connectivity index is 0.00000162. The Hall–Kier alpha value is -0.360. The van der Waals surface area contributed by atoms with Crippen LogP contribution in [0.4, 0.5) is 0 Å². The van der Waals surface area contributed by atoms with E-state index in [1.165, 1.54) is 12.1 Å². The molecule has 0 saturated carbocycles. The Morgan fingerprint density at radius 3 is 2.28 bits per heavy atom. The van der Waals surface area contributed by atoms with Crippen molar-refractivity contribution in [2.45, 2.75) is 4.90 Å². The number of benzene rings is 2. The third-order valence-electron chi connectivity index (χ3n) is 2.05. The summed E-state index contributed by atoms with van der Waals surface area (Å²) in [6.45, 7) is 0. The van der Waals surface area contributed by atoms with E-state index in [9.17, 15) is 8.76 Å². The van der Waals surface area contributed by atoms with Crippen LogP contribution in [0.15, 0.2) is 53.4 Å². The average Bonchev–Trinajstić information content (AvgIpc) is 2.29. The van der Waals surface area contributed by atoms with E-state index >= 15 is 0 Å². The first kappa shape index (κ1) is 15.7. The smallest absolute Gasteiger partial charge is 0.768 e. The van der Waals surface area contributed by atoms with Gasteiger partial charge in [-0.2, -0.15) is 0 Å². The predicted octanol–water partition coefficient (Wildman–Crippen LogP) is 0.374. The molecule has 0 bridgehead atoms. The average molecular weight is 291 g/mol. The molecule has 0 heterocycles. The second kappa shape index (κ2) is 7.28. The Morgan fingerprint density at radius 1 is 1.06 bits per heavy atom. The van der Waals surface area contributed by atoms with Gasteiger partial charge in [-0.05, 0) is 53.5 Å². The summed E-state index contributed by atoms with van der Waals surface area (Å²) in [7, 11) is 0. The van der Waals surface area contributed by atoms with E-state index < -0.39 is 11.1 Å². The van der Waals surface area contributed by atoms with Crippen molar-refractivity contribution >= 4 is 22.7 Å². The molecule has 1 atom stereocenters. The molecule has 88 valence electrons. The standard InChI is InChI=1S/C12H9ClO3S.Na/c13-9-2-1-3-11(8-9)16-10-4-6-12(7-5-10)17(14)15;/h1-8H,(H,14,15);/q;+1/p-1. The molecule has 2 aromatic carbocycles. The van der Waals surface area contributed by atoms with Crippen LogP contribution in [0.1, 0.15) is 0 Å². The Morgan fingerprint density at radius 2 is 1.72 bits per heavy atom. The molecule has 0 fully saturated rings. The van der Waals surface area contributed by atoms with Crippen molar-refractivity contribution in [1.82, 2.24) is 0 Å². The van der Waals surface area contributed by atoms with E-state index in [1.807, 2.05) is 0 Å². The summed E-state index contributed by atoms with van der Waals surface area (Å²) < 4.78 is 26.8. The largest absolute Gasteiger partial charge is 1.00 e. The van der Waals surface area contributed by atoms with E-state index in [0.717, 1.165) is 0 Å². The molecule has 0 aliphatic heterocycles. The molecule has 3 nitrogen and oxygen atoms in total. The van der Waals surface area contributed by atoms with Crippen molar-refractivity contribution < 1.29 is 43.1 Å². The van der Waals surface area contributed by atoms with Crippen molar-refractivity contribution in [3.8, 4) is 11.5 Å². The fourth-order valence-corrected chi connectivity index (χ4v) is 1.82. The molecular formula is C12H8ClNaO3S. The van der Waals surface area contributed by atoms with Crippen LogP contribution in [0, 0.1) is 0 Å². The fourth-order valence-electron chi connectivity index (χ4n) is 1.29. The van der Waals surface area contributed by atoms with Gasteiger partial charge in [0.05, 0.1) is 0 Å². The normalized spacial score (nSPS) is 11.4. The first-order valence-electron chi connectivity index (χ1n) is 4.78. The zero-order valence-electron chi connectivity index (χ0n) is 9.63. The molecule has 2 rings (SSSR count). The van der Waals surface area contributed by atoms with Crippen LogP contribution in [-0.4, -0.2) is 8.76 Å². The van der Waals surface area contributed by atoms with E-state index in [1.54, 1.807) is 36.4 Å². The topological polar surface area (TPSA) is 49.4 Å². The van der Waals surface area contributed by atoms with Crippen molar-refractivity contribution in [3.63, 3.8) is 0 Å². The molecule has 0 radical (unpaired) electrons. The monoisotopic (exact) mass is 290 g/mol. The van der Waals surface area contributed by atoms with Crippen LogP contribution >= 0.6 is 11.6 Å². The van der Waals surface area contributed by atoms with Gasteiger partial charge < -0.3 is 9.29 Å². The zero-order chi connectivity index (χ0) is 12.3. The minimum atomic E-state index is -2.21. The van der Waals surface area contributed by atoms with Crippen LogP contribution < -0.4 is 34.3 Å². The van der Waals surface area contributed by atoms with Crippen molar-refractivity contribution in [2.75, 3.05) is 0 Å². The second-order valence-corrected chi connectivity index (χ2v) is 4.64. The maximum atomic E-state index is 10.7. The van der Waals surface area contributed by atoms with Crippen molar-refractivity contribution in [3.05, 3.63) is 53.6 Å². The number of ether oxygens (including phenoxy) is 1. The predicted molar refractivity (Wildman–Crippen MR) is 65.2 cm³/mol. The van der Waals surface area contributed by atoms with Crippen molar-refractivity contribution in [1.29, 1.82) is 0 Å². The fraction of sp³-hybridized carbons (Fsp3) is 0. The number of rotatable bonds is 3. The van der Waals surface area contributed by atoms with Gasteiger partial charge in [-0.15, -0.1) is 0 Å². The van der Waals surface area contributed by atoms with Gasteiger partial charge in [0.1, 0.15) is 11.5 Å². The third kappa shape index (κ3) is 4.39. The summed E-state index contributed by atoms with van der Waals surface area (Å²) in [6.07, 6.45) is 0. The van der Waals surface area contributed by atoms with Crippen LogP contribution in [0.25, 0.3) is 0 Å². The zero-order valence-corrected chi connectivity index (χ0v) is 13.2. The van der Waals surface area contributed by atoms with Gasteiger partial charge in [0, 0.05) is 9.92 Å². The summed E-state index contributed by atoms with van der Waals surface area (Å²) in [6, 6.07) is 13.1. The molecule has 1 unspecified atom stereocenters. The first-order valence-corrected chi connectivity index (χ1v) is 6.23. The quantitative estimate of drug-likeness (QED) is 0.606. The number of hydrogen-bond acceptors (Lipinski definition) is 3. The summed E-state index contributed by atoms with van der Waals surface area (Å²) in [5.74, 6) is 1.16. The van der Waals surface area contributed by atoms with Gasteiger partial charge in [0.15, 0.2) is 0 Å². The minimum absolute atomic E-state index is 0. The molecule has 0 spiro atoms. The summed E-state index contributed by atoms with van der Waals surface area (Å²) in [5.41, 5.74) is 0. The molecule has 6 heteroatoms. The molecule has 18 heavy (non-hydrogen) atoms. The first-order chi connectivity index (χ1) is 8.15. The molecular weight excluding hydrogens is 283 g/mol. The van der Waals surface area contributed by atoms with Gasteiger partial charge in [-0.25, -0.2) is 0 Å². The molecule has 0 amide bonds. The molecule has 0 aliphatic carbocycles. The maximum absolute atomic E-state index is 10.7. The van der Waals surface area contributed by atoms with Crippen LogP contribution in [0.2, 0.25) is 5.02 Å². The molecule has 0 aliphatic rings. The van der Waals surface area contributed by atoms with Crippen LogP contribution in [0.5, 0.6) is 11.5 Å². The SMILES string of the molecule is O=S([O-])c1ccc(Oc2cccc(Cl)c2)cc1.[Na+]. The molecule has 2 aromatic rings. The Bertz CT molecular complexity index is 545. The minimum Gasteiger partial charge on any atom is -0.768 e. The van der Waals surface area contributed by atoms with Gasteiger partial charge in [0.25, 0.3) is 0 Å². The van der Waals surface area contributed by atoms with Crippen LogP contribution in [-0.2, 0) is 11.1 Å². The van der Waals surface area contributed by atoms with Gasteiger partial charge in [-0.1, -0.05) is 17.7 Å². The molecule has 0 N–H and O–H groups in total. The summed E-state index contributed by atoms with van der Waals surface area (Å²) >= 11 is 3.60. The number of hydrogen-bond donors (Lipinski definition) is 0.